The van der Waals surface area contributed by atoms with E-state index in [4.69, 9.17) is 0 Å². The summed E-state index contributed by atoms with van der Waals surface area (Å²) in [6, 6.07) is 0.372. The standard InChI is InChI=1S/C11H22FN/c1-10(2,3)9-8-11(4,12)6-7-13(9)5/h9H,6-8H2,1-5H3. The van der Waals surface area contributed by atoms with E-state index in [1.165, 1.54) is 0 Å². The van der Waals surface area contributed by atoms with E-state index in [0.717, 1.165) is 6.54 Å². The van der Waals surface area contributed by atoms with Crippen LogP contribution in [0.15, 0.2) is 0 Å². The molecule has 1 aliphatic heterocycles. The summed E-state index contributed by atoms with van der Waals surface area (Å²) >= 11 is 0. The smallest absolute Gasteiger partial charge is 0.111 e. The monoisotopic (exact) mass is 187 g/mol. The Morgan fingerprint density at radius 2 is 1.92 bits per heavy atom. The predicted molar refractivity (Wildman–Crippen MR) is 54.6 cm³/mol. The Hall–Kier alpha value is -0.110. The van der Waals surface area contributed by atoms with Crippen LogP contribution in [0.5, 0.6) is 0 Å². The number of hydrogen-bond donors (Lipinski definition) is 0. The van der Waals surface area contributed by atoms with Gasteiger partial charge in [-0.25, -0.2) is 4.39 Å². The van der Waals surface area contributed by atoms with Gasteiger partial charge in [-0.3, -0.25) is 0 Å². The highest BCUT2D eigenvalue weighted by molar-refractivity contribution is 4.93. The van der Waals surface area contributed by atoms with Crippen LogP contribution < -0.4 is 0 Å². The molecule has 1 aliphatic rings. The van der Waals surface area contributed by atoms with Crippen LogP contribution in [0, 0.1) is 5.41 Å². The molecule has 0 aromatic heterocycles. The second-order valence-corrected chi connectivity index (χ2v) is 5.73. The maximum Gasteiger partial charge on any atom is 0.111 e. The molecule has 1 saturated heterocycles. The van der Waals surface area contributed by atoms with Gasteiger partial charge >= 0.3 is 0 Å². The number of likely N-dealkylation sites (tertiary alicyclic amines) is 1. The van der Waals surface area contributed by atoms with Crippen molar-refractivity contribution < 1.29 is 4.39 Å². The van der Waals surface area contributed by atoms with E-state index < -0.39 is 5.67 Å². The van der Waals surface area contributed by atoms with E-state index in [9.17, 15) is 4.39 Å². The summed E-state index contributed by atoms with van der Waals surface area (Å²) in [6.45, 7) is 9.19. The van der Waals surface area contributed by atoms with Crippen LogP contribution in [0.25, 0.3) is 0 Å². The lowest BCUT2D eigenvalue weighted by Gasteiger charge is -2.45. The van der Waals surface area contributed by atoms with Crippen LogP contribution in [0.1, 0.15) is 40.5 Å². The lowest BCUT2D eigenvalue weighted by molar-refractivity contribution is -0.00132. The molecule has 1 fully saturated rings. The van der Waals surface area contributed by atoms with Gasteiger partial charge in [-0.15, -0.1) is 0 Å². The Morgan fingerprint density at radius 3 is 2.31 bits per heavy atom. The van der Waals surface area contributed by atoms with Crippen molar-refractivity contribution in [1.29, 1.82) is 0 Å². The quantitative estimate of drug-likeness (QED) is 0.563. The van der Waals surface area contributed by atoms with Crippen molar-refractivity contribution in [1.82, 2.24) is 4.90 Å². The highest BCUT2D eigenvalue weighted by atomic mass is 19.1. The average molecular weight is 187 g/mol. The first kappa shape index (κ1) is 11.0. The van der Waals surface area contributed by atoms with E-state index in [0.29, 0.717) is 18.9 Å². The topological polar surface area (TPSA) is 3.24 Å². The van der Waals surface area contributed by atoms with Crippen molar-refractivity contribution in [2.24, 2.45) is 5.41 Å². The summed E-state index contributed by atoms with van der Waals surface area (Å²) in [5.41, 5.74) is -0.771. The lowest BCUT2D eigenvalue weighted by atomic mass is 9.76. The number of rotatable bonds is 0. The van der Waals surface area contributed by atoms with Crippen LogP contribution >= 0.6 is 0 Å². The molecule has 13 heavy (non-hydrogen) atoms. The molecule has 0 N–H and O–H groups in total. The Balaban J connectivity index is 2.72. The van der Waals surface area contributed by atoms with Gasteiger partial charge in [-0.05, 0) is 32.2 Å². The largest absolute Gasteiger partial charge is 0.303 e. The molecule has 2 heteroatoms. The summed E-state index contributed by atoms with van der Waals surface area (Å²) in [7, 11) is 2.10. The maximum atomic E-state index is 13.8. The van der Waals surface area contributed by atoms with Gasteiger partial charge in [0, 0.05) is 12.6 Å². The van der Waals surface area contributed by atoms with Crippen molar-refractivity contribution in [3.8, 4) is 0 Å². The van der Waals surface area contributed by atoms with E-state index in [-0.39, 0.29) is 5.41 Å². The van der Waals surface area contributed by atoms with Gasteiger partial charge < -0.3 is 4.90 Å². The third-order valence-electron chi connectivity index (χ3n) is 3.14. The van der Waals surface area contributed by atoms with E-state index in [1.807, 2.05) is 0 Å². The molecule has 0 aromatic rings. The number of alkyl halides is 1. The van der Waals surface area contributed by atoms with E-state index in [2.05, 4.69) is 32.7 Å². The van der Waals surface area contributed by atoms with Crippen molar-refractivity contribution in [3.05, 3.63) is 0 Å². The maximum absolute atomic E-state index is 13.8. The van der Waals surface area contributed by atoms with Crippen molar-refractivity contribution in [2.75, 3.05) is 13.6 Å². The molecule has 1 nitrogen and oxygen atoms in total. The molecule has 0 aliphatic carbocycles. The fraction of sp³-hybridized carbons (Fsp3) is 1.00. The molecule has 0 radical (unpaired) electrons. The Kier molecular flexibility index (Phi) is 2.73. The highest BCUT2D eigenvalue weighted by Crippen LogP contribution is 2.37. The summed E-state index contributed by atoms with van der Waals surface area (Å²) in [5.74, 6) is 0. The Labute approximate surface area is 81.3 Å². The normalized spacial score (nSPS) is 37.8. The van der Waals surface area contributed by atoms with E-state index >= 15 is 0 Å². The molecular weight excluding hydrogens is 165 g/mol. The molecule has 0 saturated carbocycles. The van der Waals surface area contributed by atoms with Crippen LogP contribution in [-0.2, 0) is 0 Å². The molecule has 1 rings (SSSR count). The third kappa shape index (κ3) is 2.67. The Bertz CT molecular complexity index is 181. The first-order valence-electron chi connectivity index (χ1n) is 5.11. The molecule has 0 amide bonds. The van der Waals surface area contributed by atoms with Crippen molar-refractivity contribution in [3.63, 3.8) is 0 Å². The summed E-state index contributed by atoms with van der Waals surface area (Å²) in [4.78, 5) is 2.29. The van der Waals surface area contributed by atoms with Crippen molar-refractivity contribution >= 4 is 0 Å². The van der Waals surface area contributed by atoms with Gasteiger partial charge in [0.25, 0.3) is 0 Å². The second kappa shape index (κ2) is 3.23. The number of piperidine rings is 1. The summed E-state index contributed by atoms with van der Waals surface area (Å²) < 4.78 is 13.8. The van der Waals surface area contributed by atoms with Gasteiger partial charge in [0.15, 0.2) is 0 Å². The van der Waals surface area contributed by atoms with E-state index in [1.54, 1.807) is 6.92 Å². The highest BCUT2D eigenvalue weighted by Gasteiger charge is 2.40. The molecule has 0 spiro atoms. The zero-order valence-corrected chi connectivity index (χ0v) is 9.52. The SMILES string of the molecule is CN1CCC(C)(F)CC1C(C)(C)C. The minimum absolute atomic E-state index is 0.183. The fourth-order valence-corrected chi connectivity index (χ4v) is 2.19. The molecule has 0 aromatic carbocycles. The van der Waals surface area contributed by atoms with Crippen LogP contribution in [-0.4, -0.2) is 30.2 Å². The zero-order chi connectivity index (χ0) is 10.3. The summed E-state index contributed by atoms with van der Waals surface area (Å²) in [5, 5.41) is 0. The number of nitrogens with zero attached hydrogens (tertiary/aromatic N) is 1. The molecule has 2 atom stereocenters. The lowest BCUT2D eigenvalue weighted by Crippen LogP contribution is -2.51. The predicted octanol–water partition coefficient (Wildman–Crippen LogP) is 2.85. The molecule has 1 heterocycles. The van der Waals surface area contributed by atoms with Gasteiger partial charge in [0.1, 0.15) is 5.67 Å². The van der Waals surface area contributed by atoms with Crippen LogP contribution in [0.4, 0.5) is 4.39 Å². The minimum atomic E-state index is -0.954. The zero-order valence-electron chi connectivity index (χ0n) is 9.52. The van der Waals surface area contributed by atoms with Gasteiger partial charge in [0.05, 0.1) is 0 Å². The number of halogens is 1. The fourth-order valence-electron chi connectivity index (χ4n) is 2.19. The molecule has 0 bridgehead atoms. The Morgan fingerprint density at radius 1 is 1.38 bits per heavy atom. The average Bonchev–Trinajstić information content (AvgIpc) is 1.92. The first-order valence-corrected chi connectivity index (χ1v) is 5.11. The van der Waals surface area contributed by atoms with Crippen molar-refractivity contribution in [2.45, 2.75) is 52.2 Å². The number of hydrogen-bond acceptors (Lipinski definition) is 1. The second-order valence-electron chi connectivity index (χ2n) is 5.73. The van der Waals surface area contributed by atoms with Crippen LogP contribution in [0.3, 0.4) is 0 Å². The molecule has 2 unspecified atom stereocenters. The molecular formula is C11H22FN. The van der Waals surface area contributed by atoms with Crippen LogP contribution in [0.2, 0.25) is 0 Å². The van der Waals surface area contributed by atoms with Gasteiger partial charge in [-0.2, -0.15) is 0 Å². The molecule has 78 valence electrons. The third-order valence-corrected chi connectivity index (χ3v) is 3.14. The first-order chi connectivity index (χ1) is 5.72. The van der Waals surface area contributed by atoms with Gasteiger partial charge in [-0.1, -0.05) is 20.8 Å². The van der Waals surface area contributed by atoms with Gasteiger partial charge in [0.2, 0.25) is 0 Å². The minimum Gasteiger partial charge on any atom is -0.303 e. The summed E-state index contributed by atoms with van der Waals surface area (Å²) in [6.07, 6.45) is 1.35.